The second kappa shape index (κ2) is 2.85. The molecular formula is C5H10O6P+. The predicted molar refractivity (Wildman–Crippen MR) is 37.9 cm³/mol. The molecule has 2 rings (SSSR count). The lowest BCUT2D eigenvalue weighted by Gasteiger charge is -2.24. The van der Waals surface area contributed by atoms with E-state index in [1.807, 2.05) is 0 Å². The van der Waals surface area contributed by atoms with Gasteiger partial charge in [0.2, 0.25) is 0 Å². The number of ether oxygens (including phenoxy) is 1. The van der Waals surface area contributed by atoms with Gasteiger partial charge < -0.3 is 9.84 Å². The van der Waals surface area contributed by atoms with Gasteiger partial charge in [-0.2, -0.15) is 14.3 Å². The van der Waals surface area contributed by atoms with Crippen molar-refractivity contribution in [2.24, 2.45) is 0 Å². The fourth-order valence-corrected chi connectivity index (χ4v) is 2.30. The number of aliphatic hydroxyl groups is 1. The van der Waals surface area contributed by atoms with Crippen molar-refractivity contribution in [1.29, 1.82) is 0 Å². The molecule has 7 heteroatoms. The van der Waals surface area contributed by atoms with E-state index >= 15 is 0 Å². The lowest BCUT2D eigenvalue weighted by molar-refractivity contribution is -0.0610. The SMILES string of the molecule is O[C@@H]1CO[C@@H]2CO[P+](O)(O)O[C@@H]12. The molecule has 12 heavy (non-hydrogen) atoms. The van der Waals surface area contributed by atoms with Crippen molar-refractivity contribution in [3.05, 3.63) is 0 Å². The van der Waals surface area contributed by atoms with Crippen molar-refractivity contribution >= 4 is 8.17 Å². The van der Waals surface area contributed by atoms with Crippen LogP contribution < -0.4 is 0 Å². The van der Waals surface area contributed by atoms with Gasteiger partial charge in [0.05, 0.1) is 6.61 Å². The van der Waals surface area contributed by atoms with Gasteiger partial charge in [-0.25, -0.2) is 0 Å². The van der Waals surface area contributed by atoms with Crippen LogP contribution in [0.4, 0.5) is 0 Å². The molecule has 6 nitrogen and oxygen atoms in total. The van der Waals surface area contributed by atoms with Crippen LogP contribution in [0.15, 0.2) is 0 Å². The van der Waals surface area contributed by atoms with Gasteiger partial charge >= 0.3 is 8.17 Å². The summed E-state index contributed by atoms with van der Waals surface area (Å²) in [4.78, 5) is 18.0. The first-order chi connectivity index (χ1) is 5.58. The van der Waals surface area contributed by atoms with Gasteiger partial charge in [0.25, 0.3) is 0 Å². The van der Waals surface area contributed by atoms with Crippen LogP contribution in [-0.4, -0.2) is 46.4 Å². The summed E-state index contributed by atoms with van der Waals surface area (Å²) in [6.07, 6.45) is -1.84. The van der Waals surface area contributed by atoms with Crippen LogP contribution >= 0.6 is 8.17 Å². The first-order valence-electron chi connectivity index (χ1n) is 3.56. The molecule has 2 fully saturated rings. The number of rotatable bonds is 0. The van der Waals surface area contributed by atoms with Crippen LogP contribution in [0.25, 0.3) is 0 Å². The monoisotopic (exact) mass is 197 g/mol. The maximum atomic E-state index is 9.25. The highest BCUT2D eigenvalue weighted by Crippen LogP contribution is 2.57. The molecule has 0 unspecified atom stereocenters. The van der Waals surface area contributed by atoms with Gasteiger partial charge in [0, 0.05) is 0 Å². The highest BCUT2D eigenvalue weighted by molar-refractivity contribution is 7.54. The van der Waals surface area contributed by atoms with E-state index in [1.54, 1.807) is 0 Å². The molecule has 3 atom stereocenters. The Bertz CT molecular complexity index is 185. The number of aliphatic hydroxyl groups excluding tert-OH is 1. The van der Waals surface area contributed by atoms with Gasteiger partial charge in [-0.15, -0.1) is 4.52 Å². The van der Waals surface area contributed by atoms with Gasteiger partial charge in [0.1, 0.15) is 18.8 Å². The maximum absolute atomic E-state index is 9.25. The van der Waals surface area contributed by atoms with Crippen LogP contribution in [0.3, 0.4) is 0 Å². The van der Waals surface area contributed by atoms with E-state index in [0.29, 0.717) is 0 Å². The summed E-state index contributed by atoms with van der Waals surface area (Å²) in [5, 5.41) is 9.25. The Balaban J connectivity index is 2.07. The Morgan fingerprint density at radius 1 is 1.25 bits per heavy atom. The zero-order valence-electron chi connectivity index (χ0n) is 6.16. The largest absolute Gasteiger partial charge is 0.570 e. The summed E-state index contributed by atoms with van der Waals surface area (Å²) in [5.41, 5.74) is 0. The molecule has 2 saturated heterocycles. The van der Waals surface area contributed by atoms with Gasteiger partial charge in [-0.3, -0.25) is 0 Å². The highest BCUT2D eigenvalue weighted by atomic mass is 31.2. The van der Waals surface area contributed by atoms with Crippen LogP contribution in [0.1, 0.15) is 0 Å². The van der Waals surface area contributed by atoms with Crippen molar-refractivity contribution < 1.29 is 28.7 Å². The Morgan fingerprint density at radius 2 is 2.00 bits per heavy atom. The molecule has 0 spiro atoms. The molecule has 0 radical (unpaired) electrons. The molecule has 0 aliphatic carbocycles. The summed E-state index contributed by atoms with van der Waals surface area (Å²) in [7, 11) is -3.68. The Kier molecular flexibility index (Phi) is 2.08. The van der Waals surface area contributed by atoms with Crippen LogP contribution in [0.2, 0.25) is 0 Å². The average Bonchev–Trinajstić information content (AvgIpc) is 2.31. The lowest BCUT2D eigenvalue weighted by atomic mass is 10.2. The summed E-state index contributed by atoms with van der Waals surface area (Å²) in [6, 6.07) is 0. The second-order valence-corrected chi connectivity index (χ2v) is 4.25. The summed E-state index contributed by atoms with van der Waals surface area (Å²) in [5.74, 6) is 0. The Labute approximate surface area is 69.3 Å². The van der Waals surface area contributed by atoms with Crippen LogP contribution in [-0.2, 0) is 13.8 Å². The molecule has 0 bridgehead atoms. The Morgan fingerprint density at radius 3 is 2.75 bits per heavy atom. The number of hydrogen-bond acceptors (Lipinski definition) is 6. The second-order valence-electron chi connectivity index (χ2n) is 2.80. The maximum Gasteiger partial charge on any atom is 0.570 e. The van der Waals surface area contributed by atoms with Crippen LogP contribution in [0, 0.1) is 0 Å². The minimum atomic E-state index is -3.68. The van der Waals surface area contributed by atoms with E-state index in [9.17, 15) is 5.11 Å². The van der Waals surface area contributed by atoms with Crippen molar-refractivity contribution in [2.45, 2.75) is 18.3 Å². The zero-order chi connectivity index (χ0) is 8.77. The van der Waals surface area contributed by atoms with E-state index in [2.05, 4.69) is 4.52 Å². The Hall–Kier alpha value is 0.190. The van der Waals surface area contributed by atoms with Gasteiger partial charge in [-0.05, 0) is 0 Å². The van der Waals surface area contributed by atoms with Crippen molar-refractivity contribution in [1.82, 2.24) is 0 Å². The molecule has 0 amide bonds. The van der Waals surface area contributed by atoms with E-state index in [4.69, 9.17) is 19.0 Å². The third kappa shape index (κ3) is 1.47. The molecule has 0 saturated carbocycles. The highest BCUT2D eigenvalue weighted by Gasteiger charge is 2.56. The number of fused-ring (bicyclic) bond motifs is 1. The topological polar surface area (TPSA) is 88.4 Å². The first-order valence-corrected chi connectivity index (χ1v) is 5.09. The first kappa shape index (κ1) is 8.77. The number of hydrogen-bond donors (Lipinski definition) is 3. The molecule has 2 aliphatic heterocycles. The van der Waals surface area contributed by atoms with Gasteiger partial charge in [-0.1, -0.05) is 0 Å². The van der Waals surface area contributed by atoms with Crippen molar-refractivity contribution in [3.8, 4) is 0 Å². The smallest absolute Gasteiger partial charge is 0.388 e. The molecule has 3 N–H and O–H groups in total. The average molecular weight is 197 g/mol. The molecule has 70 valence electrons. The zero-order valence-corrected chi connectivity index (χ0v) is 7.05. The fraction of sp³-hybridized carbons (Fsp3) is 1.00. The molecule has 0 aromatic heterocycles. The third-order valence-electron chi connectivity index (χ3n) is 1.89. The fourth-order valence-electron chi connectivity index (χ4n) is 1.30. The molecule has 0 aromatic carbocycles. The van der Waals surface area contributed by atoms with E-state index < -0.39 is 20.4 Å². The summed E-state index contributed by atoms with van der Waals surface area (Å²) < 4.78 is 14.4. The quantitative estimate of drug-likeness (QED) is 0.424. The lowest BCUT2D eigenvalue weighted by Crippen LogP contribution is -2.39. The van der Waals surface area contributed by atoms with Crippen molar-refractivity contribution in [3.63, 3.8) is 0 Å². The third-order valence-corrected chi connectivity index (χ3v) is 2.90. The van der Waals surface area contributed by atoms with E-state index in [1.165, 1.54) is 0 Å². The van der Waals surface area contributed by atoms with E-state index in [0.717, 1.165) is 0 Å². The van der Waals surface area contributed by atoms with Crippen LogP contribution in [0.5, 0.6) is 0 Å². The minimum Gasteiger partial charge on any atom is -0.388 e. The summed E-state index contributed by atoms with van der Waals surface area (Å²) >= 11 is 0. The molecular weight excluding hydrogens is 187 g/mol. The standard InChI is InChI=1S/C5H10O6P/c6-3-1-9-4-2-10-12(7,8)11-5(3)4/h3-8H,1-2H2/q+1/t3-,4-,5+/m1/s1. The molecule has 2 aliphatic rings. The van der Waals surface area contributed by atoms with Gasteiger partial charge in [0.15, 0.2) is 6.10 Å². The van der Waals surface area contributed by atoms with Crippen molar-refractivity contribution in [2.75, 3.05) is 13.2 Å². The minimum absolute atomic E-state index is 0.0580. The van der Waals surface area contributed by atoms with E-state index in [-0.39, 0.29) is 19.3 Å². The summed E-state index contributed by atoms with van der Waals surface area (Å²) in [6.45, 7) is 0.210. The molecule has 2 heterocycles. The normalized spacial score (nSPS) is 45.8. The molecule has 0 aromatic rings. The predicted octanol–water partition coefficient (Wildman–Crippen LogP) is -1.18.